The third-order valence-electron chi connectivity index (χ3n) is 5.46. The molecular formula is C25H33N3O2. The quantitative estimate of drug-likeness (QED) is 0.418. The highest BCUT2D eigenvalue weighted by Gasteiger charge is 2.14. The number of hydrogen-bond acceptors (Lipinski definition) is 3. The monoisotopic (exact) mass is 407 g/mol. The Morgan fingerprint density at radius 2 is 1.73 bits per heavy atom. The summed E-state index contributed by atoms with van der Waals surface area (Å²) in [5.41, 5.74) is 3.26. The summed E-state index contributed by atoms with van der Waals surface area (Å²) in [5, 5.41) is 9.41. The first-order chi connectivity index (χ1) is 14.6. The standard InChI is InChI=1S/C25H33N3O2/c1-3-15-27(16-4-2)17-9-8-12-24-26-22-14-13-21(25(29)30)18-23(22)28(24)19-20-10-6-5-7-11-20/h5-7,10-11,13-14,18H,3-4,8-9,12,15-17,19H2,1-2H3,(H,29,30). The van der Waals surface area contributed by atoms with Gasteiger partial charge in [-0.05, 0) is 69.1 Å². The van der Waals surface area contributed by atoms with Gasteiger partial charge in [0.2, 0.25) is 0 Å². The van der Waals surface area contributed by atoms with Crippen LogP contribution in [0.1, 0.15) is 61.3 Å². The molecule has 0 unspecified atom stereocenters. The number of fused-ring (bicyclic) bond motifs is 1. The number of carboxylic acid groups (broad SMARTS) is 1. The molecule has 0 bridgehead atoms. The van der Waals surface area contributed by atoms with Gasteiger partial charge in [0.1, 0.15) is 5.82 Å². The van der Waals surface area contributed by atoms with Crippen molar-refractivity contribution in [2.45, 2.75) is 52.5 Å². The molecule has 3 aromatic rings. The molecule has 0 aliphatic carbocycles. The van der Waals surface area contributed by atoms with Gasteiger partial charge < -0.3 is 14.6 Å². The van der Waals surface area contributed by atoms with Crippen LogP contribution in [0, 0.1) is 0 Å². The lowest BCUT2D eigenvalue weighted by atomic mass is 10.1. The fraction of sp³-hybridized carbons (Fsp3) is 0.440. The van der Waals surface area contributed by atoms with Gasteiger partial charge in [-0.2, -0.15) is 0 Å². The lowest BCUT2D eigenvalue weighted by Gasteiger charge is -2.20. The van der Waals surface area contributed by atoms with Gasteiger partial charge in [-0.1, -0.05) is 44.2 Å². The van der Waals surface area contributed by atoms with Crippen LogP contribution < -0.4 is 0 Å². The Balaban J connectivity index is 1.78. The van der Waals surface area contributed by atoms with Crippen molar-refractivity contribution in [2.24, 2.45) is 0 Å². The van der Waals surface area contributed by atoms with E-state index in [1.54, 1.807) is 12.1 Å². The number of carbonyl (C=O) groups is 1. The smallest absolute Gasteiger partial charge is 0.335 e. The predicted octanol–water partition coefficient (Wildman–Crippen LogP) is 5.23. The molecule has 0 atom stereocenters. The number of unbranched alkanes of at least 4 members (excludes halogenated alkanes) is 1. The van der Waals surface area contributed by atoms with E-state index in [1.165, 1.54) is 31.5 Å². The summed E-state index contributed by atoms with van der Waals surface area (Å²) in [6.45, 7) is 8.63. The van der Waals surface area contributed by atoms with Crippen molar-refractivity contribution < 1.29 is 9.90 Å². The predicted molar refractivity (Wildman–Crippen MR) is 122 cm³/mol. The molecule has 0 spiro atoms. The van der Waals surface area contributed by atoms with Crippen LogP contribution in [0.3, 0.4) is 0 Å². The van der Waals surface area contributed by atoms with Crippen LogP contribution in [0.5, 0.6) is 0 Å². The maximum atomic E-state index is 11.5. The van der Waals surface area contributed by atoms with Crippen LogP contribution in [-0.4, -0.2) is 45.2 Å². The van der Waals surface area contributed by atoms with Crippen LogP contribution in [0.2, 0.25) is 0 Å². The van der Waals surface area contributed by atoms with E-state index in [9.17, 15) is 9.90 Å². The molecule has 5 nitrogen and oxygen atoms in total. The minimum absolute atomic E-state index is 0.304. The number of imidazole rings is 1. The first-order valence-corrected chi connectivity index (χ1v) is 11.1. The zero-order chi connectivity index (χ0) is 21.3. The third kappa shape index (κ3) is 5.70. The zero-order valence-corrected chi connectivity index (χ0v) is 18.2. The van der Waals surface area contributed by atoms with Gasteiger partial charge in [-0.25, -0.2) is 9.78 Å². The summed E-state index contributed by atoms with van der Waals surface area (Å²) in [7, 11) is 0. The van der Waals surface area contributed by atoms with E-state index in [-0.39, 0.29) is 0 Å². The van der Waals surface area contributed by atoms with Gasteiger partial charge in [0.25, 0.3) is 0 Å². The van der Waals surface area contributed by atoms with E-state index in [0.29, 0.717) is 12.1 Å². The Kier molecular flexibility index (Phi) is 8.03. The average molecular weight is 408 g/mol. The molecule has 2 aromatic carbocycles. The van der Waals surface area contributed by atoms with Gasteiger partial charge in [-0.15, -0.1) is 0 Å². The second-order valence-corrected chi connectivity index (χ2v) is 7.91. The minimum atomic E-state index is -0.905. The first-order valence-electron chi connectivity index (χ1n) is 11.1. The largest absolute Gasteiger partial charge is 0.478 e. The van der Waals surface area contributed by atoms with Crippen molar-refractivity contribution in [2.75, 3.05) is 19.6 Å². The summed E-state index contributed by atoms with van der Waals surface area (Å²) in [6.07, 6.45) is 5.51. The molecule has 3 rings (SSSR count). The molecule has 5 heteroatoms. The Morgan fingerprint density at radius 3 is 2.40 bits per heavy atom. The van der Waals surface area contributed by atoms with E-state index < -0.39 is 5.97 Å². The van der Waals surface area contributed by atoms with E-state index >= 15 is 0 Å². The third-order valence-corrected chi connectivity index (χ3v) is 5.46. The fourth-order valence-corrected chi connectivity index (χ4v) is 4.03. The highest BCUT2D eigenvalue weighted by molar-refractivity contribution is 5.92. The van der Waals surface area contributed by atoms with Crippen LogP contribution in [-0.2, 0) is 13.0 Å². The molecule has 0 saturated heterocycles. The Labute approximate surface area is 179 Å². The SMILES string of the molecule is CCCN(CCC)CCCCc1nc2ccc(C(=O)O)cc2n1Cc1ccccc1. The zero-order valence-electron chi connectivity index (χ0n) is 18.2. The number of nitrogens with zero attached hydrogens (tertiary/aromatic N) is 3. The number of hydrogen-bond donors (Lipinski definition) is 1. The number of aryl methyl sites for hydroxylation is 1. The number of benzene rings is 2. The van der Waals surface area contributed by atoms with Crippen molar-refractivity contribution in [3.8, 4) is 0 Å². The normalized spacial score (nSPS) is 11.4. The molecule has 1 aromatic heterocycles. The number of rotatable bonds is 12. The molecule has 0 amide bonds. The summed E-state index contributed by atoms with van der Waals surface area (Å²) < 4.78 is 2.19. The maximum Gasteiger partial charge on any atom is 0.335 e. The van der Waals surface area contributed by atoms with Crippen molar-refractivity contribution in [3.63, 3.8) is 0 Å². The minimum Gasteiger partial charge on any atom is -0.478 e. The van der Waals surface area contributed by atoms with E-state index in [1.807, 2.05) is 24.3 Å². The van der Waals surface area contributed by atoms with Crippen molar-refractivity contribution in [3.05, 3.63) is 65.5 Å². The van der Waals surface area contributed by atoms with Crippen molar-refractivity contribution >= 4 is 17.0 Å². The summed E-state index contributed by atoms with van der Waals surface area (Å²) in [4.78, 5) is 18.9. The van der Waals surface area contributed by atoms with Gasteiger partial charge in [0.05, 0.1) is 16.6 Å². The van der Waals surface area contributed by atoms with Crippen molar-refractivity contribution in [1.82, 2.24) is 14.5 Å². The second kappa shape index (κ2) is 10.9. The number of aromatic nitrogens is 2. The molecule has 160 valence electrons. The number of aromatic carboxylic acids is 1. The fourth-order valence-electron chi connectivity index (χ4n) is 4.03. The number of carboxylic acids is 1. The van der Waals surface area contributed by atoms with E-state index in [2.05, 4.69) is 35.4 Å². The highest BCUT2D eigenvalue weighted by atomic mass is 16.4. The van der Waals surface area contributed by atoms with E-state index in [4.69, 9.17) is 4.98 Å². The van der Waals surface area contributed by atoms with Gasteiger partial charge in [-0.3, -0.25) is 0 Å². The molecule has 0 fully saturated rings. The van der Waals surface area contributed by atoms with Crippen LogP contribution in [0.25, 0.3) is 11.0 Å². The summed E-state index contributed by atoms with van der Waals surface area (Å²) in [6, 6.07) is 15.5. The lowest BCUT2D eigenvalue weighted by Crippen LogP contribution is -2.26. The molecule has 0 aliphatic rings. The average Bonchev–Trinajstić information content (AvgIpc) is 3.08. The highest BCUT2D eigenvalue weighted by Crippen LogP contribution is 2.21. The van der Waals surface area contributed by atoms with Gasteiger partial charge >= 0.3 is 5.97 Å². The Hall–Kier alpha value is -2.66. The Morgan fingerprint density at radius 1 is 1.00 bits per heavy atom. The van der Waals surface area contributed by atoms with E-state index in [0.717, 1.165) is 42.7 Å². The first kappa shape index (κ1) is 22.0. The molecule has 0 aliphatic heterocycles. The second-order valence-electron chi connectivity index (χ2n) is 7.91. The lowest BCUT2D eigenvalue weighted by molar-refractivity contribution is 0.0697. The van der Waals surface area contributed by atoms with Crippen LogP contribution in [0.4, 0.5) is 0 Å². The summed E-state index contributed by atoms with van der Waals surface area (Å²) in [5.74, 6) is 0.131. The van der Waals surface area contributed by atoms with Crippen molar-refractivity contribution in [1.29, 1.82) is 0 Å². The molecule has 1 heterocycles. The molecule has 0 radical (unpaired) electrons. The molecule has 30 heavy (non-hydrogen) atoms. The van der Waals surface area contributed by atoms with Crippen LogP contribution in [0.15, 0.2) is 48.5 Å². The summed E-state index contributed by atoms with van der Waals surface area (Å²) >= 11 is 0. The Bertz CT molecular complexity index is 944. The van der Waals surface area contributed by atoms with Crippen LogP contribution >= 0.6 is 0 Å². The molecule has 1 N–H and O–H groups in total. The molecular weight excluding hydrogens is 374 g/mol. The molecule has 0 saturated carbocycles. The topological polar surface area (TPSA) is 58.4 Å². The van der Waals surface area contributed by atoms with Gasteiger partial charge in [0, 0.05) is 13.0 Å². The van der Waals surface area contributed by atoms with Gasteiger partial charge in [0.15, 0.2) is 0 Å². The maximum absolute atomic E-state index is 11.5.